The quantitative estimate of drug-likeness (QED) is 0.551. The fourth-order valence-corrected chi connectivity index (χ4v) is 2.05. The van der Waals surface area contributed by atoms with Crippen LogP contribution in [-0.4, -0.2) is 0 Å². The first-order chi connectivity index (χ1) is 9.10. The second kappa shape index (κ2) is 5.88. The Bertz CT molecular complexity index is 670. The van der Waals surface area contributed by atoms with Crippen LogP contribution in [0, 0.1) is 17.1 Å². The van der Waals surface area contributed by atoms with E-state index < -0.39 is 0 Å². The molecule has 4 heteroatoms. The first kappa shape index (κ1) is 13.6. The SMILES string of the molecule is N#CC(=Cc1ccc(Cl)cc1Cl)c1ccc(F)cc1. The van der Waals surface area contributed by atoms with Gasteiger partial charge < -0.3 is 0 Å². The second-order valence-corrected chi connectivity index (χ2v) is 4.69. The average Bonchev–Trinajstić information content (AvgIpc) is 2.39. The molecule has 0 aliphatic carbocycles. The van der Waals surface area contributed by atoms with Gasteiger partial charge in [-0.2, -0.15) is 5.26 Å². The molecule has 19 heavy (non-hydrogen) atoms. The van der Waals surface area contributed by atoms with E-state index in [1.54, 1.807) is 36.4 Å². The van der Waals surface area contributed by atoms with Crippen molar-refractivity contribution in [2.24, 2.45) is 0 Å². The molecule has 0 aliphatic heterocycles. The van der Waals surface area contributed by atoms with Crippen molar-refractivity contribution >= 4 is 34.9 Å². The van der Waals surface area contributed by atoms with Gasteiger partial charge in [-0.05, 0) is 41.5 Å². The summed E-state index contributed by atoms with van der Waals surface area (Å²) >= 11 is 11.9. The van der Waals surface area contributed by atoms with E-state index in [9.17, 15) is 9.65 Å². The molecular formula is C15H8Cl2FN. The van der Waals surface area contributed by atoms with Crippen molar-refractivity contribution in [2.45, 2.75) is 0 Å². The second-order valence-electron chi connectivity index (χ2n) is 3.84. The predicted octanol–water partition coefficient (Wildman–Crippen LogP) is 5.20. The van der Waals surface area contributed by atoms with Gasteiger partial charge >= 0.3 is 0 Å². The maximum atomic E-state index is 12.9. The molecule has 0 heterocycles. The Morgan fingerprint density at radius 1 is 1.11 bits per heavy atom. The third-order valence-corrected chi connectivity index (χ3v) is 3.10. The number of allylic oxidation sites excluding steroid dienone is 1. The van der Waals surface area contributed by atoms with Gasteiger partial charge in [-0.1, -0.05) is 41.4 Å². The van der Waals surface area contributed by atoms with Gasteiger partial charge in [-0.3, -0.25) is 0 Å². The van der Waals surface area contributed by atoms with E-state index in [1.165, 1.54) is 12.1 Å². The number of benzene rings is 2. The fraction of sp³-hybridized carbons (Fsp3) is 0. The summed E-state index contributed by atoms with van der Waals surface area (Å²) in [4.78, 5) is 0. The monoisotopic (exact) mass is 291 g/mol. The summed E-state index contributed by atoms with van der Waals surface area (Å²) in [5.74, 6) is -0.342. The lowest BCUT2D eigenvalue weighted by Crippen LogP contribution is -1.84. The van der Waals surface area contributed by atoms with Crippen molar-refractivity contribution in [3.63, 3.8) is 0 Å². The highest BCUT2D eigenvalue weighted by molar-refractivity contribution is 6.35. The summed E-state index contributed by atoms with van der Waals surface area (Å²) in [6.45, 7) is 0. The van der Waals surface area contributed by atoms with Crippen molar-refractivity contribution in [1.82, 2.24) is 0 Å². The van der Waals surface area contributed by atoms with Gasteiger partial charge in [0.2, 0.25) is 0 Å². The lowest BCUT2D eigenvalue weighted by atomic mass is 10.0. The molecule has 0 aromatic heterocycles. The number of nitrogens with zero attached hydrogens (tertiary/aromatic N) is 1. The van der Waals surface area contributed by atoms with Gasteiger partial charge in [0, 0.05) is 10.0 Å². The highest BCUT2D eigenvalue weighted by Gasteiger charge is 2.04. The van der Waals surface area contributed by atoms with Crippen LogP contribution in [0.15, 0.2) is 42.5 Å². The van der Waals surface area contributed by atoms with Gasteiger partial charge in [-0.25, -0.2) is 4.39 Å². The highest BCUT2D eigenvalue weighted by atomic mass is 35.5. The number of rotatable bonds is 2. The first-order valence-electron chi connectivity index (χ1n) is 5.43. The van der Waals surface area contributed by atoms with Crippen molar-refractivity contribution in [2.75, 3.05) is 0 Å². The Morgan fingerprint density at radius 3 is 2.37 bits per heavy atom. The van der Waals surface area contributed by atoms with Gasteiger partial charge in [0.05, 0.1) is 11.6 Å². The zero-order valence-corrected chi connectivity index (χ0v) is 11.2. The summed E-state index contributed by atoms with van der Waals surface area (Å²) in [5, 5.41) is 10.2. The molecule has 0 spiro atoms. The van der Waals surface area contributed by atoms with Crippen LogP contribution in [0.1, 0.15) is 11.1 Å². The van der Waals surface area contributed by atoms with Crippen LogP contribution in [0.3, 0.4) is 0 Å². The minimum atomic E-state index is -0.342. The lowest BCUT2D eigenvalue weighted by Gasteiger charge is -2.02. The third-order valence-electron chi connectivity index (χ3n) is 2.54. The van der Waals surface area contributed by atoms with Crippen molar-refractivity contribution in [3.8, 4) is 6.07 Å². The lowest BCUT2D eigenvalue weighted by molar-refractivity contribution is 0.627. The largest absolute Gasteiger partial charge is 0.207 e. The maximum Gasteiger partial charge on any atom is 0.123 e. The average molecular weight is 292 g/mol. The number of nitriles is 1. The summed E-state index contributed by atoms with van der Waals surface area (Å²) in [5.41, 5.74) is 1.73. The number of hydrogen-bond acceptors (Lipinski definition) is 1. The van der Waals surface area contributed by atoms with E-state index in [1.807, 2.05) is 0 Å². The molecule has 2 aromatic rings. The Kier molecular flexibility index (Phi) is 4.21. The molecule has 2 rings (SSSR count). The van der Waals surface area contributed by atoms with Gasteiger partial charge in [0.25, 0.3) is 0 Å². The van der Waals surface area contributed by atoms with E-state index in [-0.39, 0.29) is 5.82 Å². The summed E-state index contributed by atoms with van der Waals surface area (Å²) in [7, 11) is 0. The molecule has 0 unspecified atom stereocenters. The minimum Gasteiger partial charge on any atom is -0.207 e. The highest BCUT2D eigenvalue weighted by Crippen LogP contribution is 2.25. The standard InChI is InChI=1S/C15H8Cl2FN/c16-13-4-1-11(15(17)8-13)7-12(9-19)10-2-5-14(18)6-3-10/h1-8H. The van der Waals surface area contributed by atoms with Crippen molar-refractivity contribution in [3.05, 3.63) is 69.5 Å². The molecule has 0 N–H and O–H groups in total. The minimum absolute atomic E-state index is 0.342. The van der Waals surface area contributed by atoms with E-state index in [0.717, 1.165) is 0 Å². The molecule has 0 fully saturated rings. The van der Waals surface area contributed by atoms with E-state index in [0.29, 0.717) is 26.7 Å². The van der Waals surface area contributed by atoms with Crippen LogP contribution in [0.4, 0.5) is 4.39 Å². The van der Waals surface area contributed by atoms with Crippen LogP contribution in [-0.2, 0) is 0 Å². The molecule has 1 nitrogen and oxygen atoms in total. The topological polar surface area (TPSA) is 23.8 Å². The molecule has 0 aliphatic rings. The number of hydrogen-bond donors (Lipinski definition) is 0. The predicted molar refractivity (Wildman–Crippen MR) is 76.3 cm³/mol. The Balaban J connectivity index is 2.44. The first-order valence-corrected chi connectivity index (χ1v) is 6.18. The molecule has 0 amide bonds. The smallest absolute Gasteiger partial charge is 0.123 e. The normalized spacial score (nSPS) is 11.2. The van der Waals surface area contributed by atoms with Gasteiger partial charge in [-0.15, -0.1) is 0 Å². The fourth-order valence-electron chi connectivity index (χ4n) is 1.58. The van der Waals surface area contributed by atoms with Crippen molar-refractivity contribution in [1.29, 1.82) is 5.26 Å². The van der Waals surface area contributed by atoms with Crippen LogP contribution in [0.2, 0.25) is 10.0 Å². The molecule has 0 atom stereocenters. The molecule has 94 valence electrons. The molecular weight excluding hydrogens is 284 g/mol. The number of halogens is 3. The molecule has 2 aromatic carbocycles. The van der Waals surface area contributed by atoms with Gasteiger partial charge in [0.15, 0.2) is 0 Å². The van der Waals surface area contributed by atoms with Crippen molar-refractivity contribution < 1.29 is 4.39 Å². The maximum absolute atomic E-state index is 12.9. The van der Waals surface area contributed by atoms with E-state index in [2.05, 4.69) is 6.07 Å². The molecule has 0 bridgehead atoms. The zero-order valence-electron chi connectivity index (χ0n) is 9.70. The Morgan fingerprint density at radius 2 is 1.79 bits per heavy atom. The zero-order chi connectivity index (χ0) is 13.8. The van der Waals surface area contributed by atoms with Crippen LogP contribution in [0.5, 0.6) is 0 Å². The summed E-state index contributed by atoms with van der Waals surface area (Å²) < 4.78 is 12.9. The molecule has 0 radical (unpaired) electrons. The Hall–Kier alpha value is -1.82. The summed E-state index contributed by atoms with van der Waals surface area (Å²) in [6, 6.07) is 12.8. The third kappa shape index (κ3) is 3.35. The molecule has 0 saturated heterocycles. The summed E-state index contributed by atoms with van der Waals surface area (Å²) in [6.07, 6.45) is 1.64. The van der Waals surface area contributed by atoms with E-state index >= 15 is 0 Å². The van der Waals surface area contributed by atoms with Crippen LogP contribution >= 0.6 is 23.2 Å². The Labute approximate surface area is 120 Å². The molecule has 0 saturated carbocycles. The van der Waals surface area contributed by atoms with Crippen LogP contribution in [0.25, 0.3) is 11.6 Å². The van der Waals surface area contributed by atoms with Crippen LogP contribution < -0.4 is 0 Å². The van der Waals surface area contributed by atoms with E-state index in [4.69, 9.17) is 23.2 Å². The van der Waals surface area contributed by atoms with Gasteiger partial charge in [0.1, 0.15) is 5.82 Å².